The normalized spacial score (nSPS) is 13.0. The fourth-order valence-corrected chi connectivity index (χ4v) is 2.87. The molecule has 0 bridgehead atoms. The number of aliphatic hydroxyl groups is 1. The second-order valence-corrected chi connectivity index (χ2v) is 5.96. The van der Waals surface area contributed by atoms with Gasteiger partial charge in [0.2, 0.25) is 5.88 Å². The molecule has 1 atom stereocenters. The average Bonchev–Trinajstić information content (AvgIpc) is 3.15. The topological polar surface area (TPSA) is 107 Å². The van der Waals surface area contributed by atoms with Crippen LogP contribution in [-0.2, 0) is 0 Å². The van der Waals surface area contributed by atoms with Crippen molar-refractivity contribution >= 4 is 16.7 Å². The van der Waals surface area contributed by atoms with Gasteiger partial charge < -0.3 is 15.2 Å². The van der Waals surface area contributed by atoms with Crippen LogP contribution < -0.4 is 0 Å². The summed E-state index contributed by atoms with van der Waals surface area (Å²) in [5.41, 5.74) is 3.65. The van der Waals surface area contributed by atoms with Gasteiger partial charge in [-0.05, 0) is 17.7 Å². The van der Waals surface area contributed by atoms with Gasteiger partial charge in [-0.3, -0.25) is 15.0 Å². The van der Waals surface area contributed by atoms with Crippen LogP contribution in [-0.4, -0.2) is 42.5 Å². The number of hydrogen-bond donors (Lipinski definition) is 3. The van der Waals surface area contributed by atoms with Crippen molar-refractivity contribution in [2.45, 2.75) is 6.04 Å². The minimum atomic E-state index is -0.467. The molecule has 0 amide bonds. The molecule has 0 aliphatic carbocycles. The Morgan fingerprint density at radius 1 is 1.00 bits per heavy atom. The van der Waals surface area contributed by atoms with Crippen LogP contribution in [0.15, 0.2) is 72.1 Å². The Morgan fingerprint density at radius 2 is 1.78 bits per heavy atom. The Hall–Kier alpha value is -3.58. The van der Waals surface area contributed by atoms with E-state index in [1.807, 2.05) is 48.5 Å². The van der Waals surface area contributed by atoms with E-state index < -0.39 is 6.04 Å². The smallest absolute Gasteiger partial charge is 0.208 e. The zero-order valence-corrected chi connectivity index (χ0v) is 14.3. The predicted octanol–water partition coefficient (Wildman–Crippen LogP) is 2.63. The molecule has 4 rings (SSSR count). The predicted molar refractivity (Wildman–Crippen MR) is 102 cm³/mol. The first-order chi connectivity index (χ1) is 13.2. The van der Waals surface area contributed by atoms with E-state index >= 15 is 0 Å². The number of aliphatic imine (C=N–C) groups is 1. The number of nitrogens with one attached hydrogen (secondary N) is 1. The maximum absolute atomic E-state index is 9.89. The molecule has 0 saturated carbocycles. The quantitative estimate of drug-likeness (QED) is 0.475. The monoisotopic (exact) mass is 359 g/mol. The molecule has 0 spiro atoms. The van der Waals surface area contributed by atoms with Crippen molar-refractivity contribution in [1.82, 2.24) is 19.9 Å². The van der Waals surface area contributed by atoms with Crippen LogP contribution in [0.2, 0.25) is 0 Å². The fraction of sp³-hybridized carbons (Fsp3) is 0.100. The molecule has 0 radical (unpaired) electrons. The maximum Gasteiger partial charge on any atom is 0.208 e. The van der Waals surface area contributed by atoms with Crippen LogP contribution in [0.1, 0.15) is 23.0 Å². The minimum absolute atomic E-state index is 0.0569. The van der Waals surface area contributed by atoms with Crippen molar-refractivity contribution in [2.24, 2.45) is 4.99 Å². The summed E-state index contributed by atoms with van der Waals surface area (Å²) in [6, 6.07) is 14.7. The summed E-state index contributed by atoms with van der Waals surface area (Å²) in [4.78, 5) is 20.3. The van der Waals surface area contributed by atoms with Crippen LogP contribution >= 0.6 is 0 Å². The molecule has 7 nitrogen and oxygen atoms in total. The lowest BCUT2D eigenvalue weighted by Gasteiger charge is -2.13. The van der Waals surface area contributed by atoms with Crippen molar-refractivity contribution in [3.05, 3.63) is 84.1 Å². The number of benzene rings is 2. The summed E-state index contributed by atoms with van der Waals surface area (Å²) in [5.74, 6) is 0.351. The highest BCUT2D eigenvalue weighted by Gasteiger charge is 2.16. The number of fused-ring (bicyclic) bond motifs is 1. The van der Waals surface area contributed by atoms with Gasteiger partial charge in [0.1, 0.15) is 5.71 Å². The van der Waals surface area contributed by atoms with E-state index in [-0.39, 0.29) is 12.5 Å². The van der Waals surface area contributed by atoms with Gasteiger partial charge in [0, 0.05) is 18.0 Å². The second kappa shape index (κ2) is 7.35. The van der Waals surface area contributed by atoms with E-state index in [1.165, 1.54) is 6.20 Å². The zero-order valence-electron chi connectivity index (χ0n) is 14.3. The summed E-state index contributed by atoms with van der Waals surface area (Å²) in [5, 5.41) is 19.6. The Labute approximate surface area is 155 Å². The van der Waals surface area contributed by atoms with Gasteiger partial charge in [0.15, 0.2) is 5.82 Å². The van der Waals surface area contributed by atoms with Gasteiger partial charge in [-0.2, -0.15) is 0 Å². The van der Waals surface area contributed by atoms with Gasteiger partial charge in [0.05, 0.1) is 29.9 Å². The van der Waals surface area contributed by atoms with Gasteiger partial charge in [-0.15, -0.1) is 0 Å². The van der Waals surface area contributed by atoms with Crippen LogP contribution in [0, 0.1) is 0 Å². The van der Waals surface area contributed by atoms with E-state index in [9.17, 15) is 10.2 Å². The third-order valence-electron chi connectivity index (χ3n) is 4.17. The highest BCUT2D eigenvalue weighted by Crippen LogP contribution is 2.22. The molecular formula is C20H17N5O2. The molecule has 0 fully saturated rings. The molecule has 4 aromatic rings. The molecule has 3 N–H and O–H groups in total. The van der Waals surface area contributed by atoms with Crippen molar-refractivity contribution in [2.75, 3.05) is 6.61 Å². The highest BCUT2D eigenvalue weighted by molar-refractivity contribution is 6.12. The van der Waals surface area contributed by atoms with Gasteiger partial charge in [-0.25, -0.2) is 4.98 Å². The van der Waals surface area contributed by atoms with Crippen molar-refractivity contribution in [3.8, 4) is 5.88 Å². The summed E-state index contributed by atoms with van der Waals surface area (Å²) < 4.78 is 0. The molecule has 134 valence electrons. The molecule has 27 heavy (non-hydrogen) atoms. The minimum Gasteiger partial charge on any atom is -0.493 e. The maximum atomic E-state index is 9.89. The largest absolute Gasteiger partial charge is 0.493 e. The van der Waals surface area contributed by atoms with Gasteiger partial charge >= 0.3 is 0 Å². The third kappa shape index (κ3) is 3.54. The molecule has 7 heteroatoms. The molecule has 2 aromatic carbocycles. The average molecular weight is 359 g/mol. The molecule has 2 aromatic heterocycles. The molecule has 0 aliphatic rings. The van der Waals surface area contributed by atoms with E-state index in [2.05, 4.69) is 19.9 Å². The number of H-pyrrole nitrogens is 1. The first kappa shape index (κ1) is 16.9. The zero-order chi connectivity index (χ0) is 18.6. The van der Waals surface area contributed by atoms with E-state index in [0.717, 1.165) is 22.2 Å². The third-order valence-corrected chi connectivity index (χ3v) is 4.17. The first-order valence-corrected chi connectivity index (χ1v) is 8.43. The van der Waals surface area contributed by atoms with Crippen LogP contribution in [0.5, 0.6) is 5.88 Å². The number of aromatic hydroxyl groups is 1. The molecule has 0 saturated heterocycles. The lowest BCUT2D eigenvalue weighted by molar-refractivity contribution is 0.269. The Bertz CT molecular complexity index is 1090. The summed E-state index contributed by atoms with van der Waals surface area (Å²) >= 11 is 0. The molecule has 0 unspecified atom stereocenters. The summed E-state index contributed by atoms with van der Waals surface area (Å²) in [6.07, 6.45) is 4.59. The number of aromatic amines is 1. The second-order valence-electron chi connectivity index (χ2n) is 5.96. The first-order valence-electron chi connectivity index (χ1n) is 8.43. The lowest BCUT2D eigenvalue weighted by Crippen LogP contribution is -2.11. The number of aliphatic hydroxyl groups excluding tert-OH is 1. The Morgan fingerprint density at radius 3 is 2.48 bits per heavy atom. The number of hydrogen-bond acceptors (Lipinski definition) is 6. The number of imidazole rings is 1. The fourth-order valence-electron chi connectivity index (χ4n) is 2.87. The Balaban J connectivity index is 1.85. The van der Waals surface area contributed by atoms with Crippen LogP contribution in [0.3, 0.4) is 0 Å². The van der Waals surface area contributed by atoms with E-state index in [4.69, 9.17) is 4.99 Å². The lowest BCUT2D eigenvalue weighted by atomic mass is 10.1. The van der Waals surface area contributed by atoms with E-state index in [0.29, 0.717) is 11.5 Å². The Kier molecular flexibility index (Phi) is 4.59. The number of aromatic nitrogens is 4. The van der Waals surface area contributed by atoms with Crippen LogP contribution in [0.25, 0.3) is 11.0 Å². The molecular weight excluding hydrogens is 342 g/mol. The summed E-state index contributed by atoms with van der Waals surface area (Å²) in [7, 11) is 0. The van der Waals surface area contributed by atoms with Crippen molar-refractivity contribution in [1.29, 1.82) is 0 Å². The van der Waals surface area contributed by atoms with Crippen molar-refractivity contribution in [3.63, 3.8) is 0 Å². The van der Waals surface area contributed by atoms with Gasteiger partial charge in [0.25, 0.3) is 0 Å². The number of rotatable bonds is 5. The van der Waals surface area contributed by atoms with E-state index in [1.54, 1.807) is 12.4 Å². The summed E-state index contributed by atoms with van der Waals surface area (Å²) in [6.45, 7) is -0.159. The molecule has 0 aliphatic heterocycles. The SMILES string of the molecule is OC[C@H](N=C(c1ccc2nccnc2c1)c1ncc(O)[nH]1)c1ccccc1. The van der Waals surface area contributed by atoms with Crippen LogP contribution in [0.4, 0.5) is 0 Å². The standard InChI is InChI=1S/C20H17N5O2/c26-12-17(13-4-2-1-3-5-13)24-19(20-23-11-18(27)25-20)14-6-7-15-16(10-14)22-9-8-21-15/h1-11,17,26-27H,12H2,(H,23,25)/t17-/m0/s1. The highest BCUT2D eigenvalue weighted by atomic mass is 16.3. The van der Waals surface area contributed by atoms with Crippen molar-refractivity contribution < 1.29 is 10.2 Å². The number of nitrogens with zero attached hydrogens (tertiary/aromatic N) is 4. The van der Waals surface area contributed by atoms with Gasteiger partial charge in [-0.1, -0.05) is 36.4 Å². The molecule has 2 heterocycles.